The van der Waals surface area contributed by atoms with Gasteiger partial charge in [-0.25, -0.2) is 8.78 Å². The van der Waals surface area contributed by atoms with E-state index in [9.17, 15) is 13.6 Å². The molecule has 2 aliphatic rings. The molecular weight excluding hydrogens is 372 g/mol. The Kier molecular flexibility index (Phi) is 5.54. The van der Waals surface area contributed by atoms with Crippen molar-refractivity contribution in [2.24, 2.45) is 5.92 Å². The number of nitrogens with one attached hydrogen (secondary N) is 2. The fourth-order valence-electron chi connectivity index (χ4n) is 4.00. The van der Waals surface area contributed by atoms with E-state index in [1.807, 2.05) is 11.0 Å². The summed E-state index contributed by atoms with van der Waals surface area (Å²) in [4.78, 5) is 13.8. The lowest BCUT2D eigenvalue weighted by Gasteiger charge is -2.41. The highest BCUT2D eigenvalue weighted by Gasteiger charge is 2.39. The van der Waals surface area contributed by atoms with E-state index in [1.165, 1.54) is 5.56 Å². The van der Waals surface area contributed by atoms with Gasteiger partial charge in [0.15, 0.2) is 0 Å². The standard InChI is InChI=1S/C23H27F2N3O/c1-14(2)27-23(29)18-8-20(25)22(10-19(18)24)28-12-15(13-28)11-26-21-9-17(21)16-6-4-3-5-7-16/h3-8,10,14-15,17,21,26H,9,11-13H2,1-2H3,(H,27,29)/t17-,21+/m0/s1. The van der Waals surface area contributed by atoms with Gasteiger partial charge in [-0.2, -0.15) is 0 Å². The van der Waals surface area contributed by atoms with Gasteiger partial charge in [0.05, 0.1) is 11.3 Å². The molecule has 2 atom stereocenters. The van der Waals surface area contributed by atoms with E-state index in [2.05, 4.69) is 34.9 Å². The number of rotatable bonds is 7. The van der Waals surface area contributed by atoms with Gasteiger partial charge in [-0.05, 0) is 31.9 Å². The smallest absolute Gasteiger partial charge is 0.254 e. The Bertz CT molecular complexity index is 881. The molecule has 2 fully saturated rings. The number of halogens is 2. The third-order valence-corrected chi connectivity index (χ3v) is 5.69. The zero-order chi connectivity index (χ0) is 20.5. The summed E-state index contributed by atoms with van der Waals surface area (Å²) in [6.07, 6.45) is 1.15. The minimum Gasteiger partial charge on any atom is -0.368 e. The number of carbonyl (C=O) groups excluding carboxylic acids is 1. The van der Waals surface area contributed by atoms with Crippen LogP contribution in [-0.2, 0) is 0 Å². The Morgan fingerprint density at radius 2 is 1.86 bits per heavy atom. The highest BCUT2D eigenvalue weighted by Crippen LogP contribution is 2.41. The SMILES string of the molecule is CC(C)NC(=O)c1cc(F)c(N2CC(CN[C@@H]3C[C@H]3c3ccccc3)C2)cc1F. The number of nitrogens with zero attached hydrogens (tertiary/aromatic N) is 1. The molecule has 4 nitrogen and oxygen atoms in total. The molecular formula is C23H27F2N3O. The lowest BCUT2D eigenvalue weighted by atomic mass is 9.98. The molecule has 2 aromatic rings. The molecule has 1 amide bonds. The molecule has 154 valence electrons. The number of anilines is 1. The van der Waals surface area contributed by atoms with Crippen molar-refractivity contribution >= 4 is 11.6 Å². The topological polar surface area (TPSA) is 44.4 Å². The summed E-state index contributed by atoms with van der Waals surface area (Å²) in [6.45, 7) is 5.80. The van der Waals surface area contributed by atoms with Gasteiger partial charge in [-0.15, -0.1) is 0 Å². The highest BCUT2D eigenvalue weighted by molar-refractivity contribution is 5.95. The third-order valence-electron chi connectivity index (χ3n) is 5.69. The Hall–Kier alpha value is -2.47. The summed E-state index contributed by atoms with van der Waals surface area (Å²) in [6, 6.07) is 13.0. The van der Waals surface area contributed by atoms with Gasteiger partial charge in [-0.3, -0.25) is 4.79 Å². The van der Waals surface area contributed by atoms with Gasteiger partial charge in [0.25, 0.3) is 5.91 Å². The molecule has 4 rings (SSSR count). The van der Waals surface area contributed by atoms with Crippen molar-refractivity contribution < 1.29 is 13.6 Å². The van der Waals surface area contributed by atoms with Crippen LogP contribution in [0, 0.1) is 17.6 Å². The summed E-state index contributed by atoms with van der Waals surface area (Å²) in [5.41, 5.74) is 1.35. The van der Waals surface area contributed by atoms with Crippen LogP contribution in [0.3, 0.4) is 0 Å². The number of amides is 1. The maximum absolute atomic E-state index is 14.5. The summed E-state index contributed by atoms with van der Waals surface area (Å²) in [7, 11) is 0. The predicted octanol–water partition coefficient (Wildman–Crippen LogP) is 3.68. The lowest BCUT2D eigenvalue weighted by Crippen LogP contribution is -2.51. The second-order valence-electron chi connectivity index (χ2n) is 8.45. The van der Waals surface area contributed by atoms with Crippen LogP contribution in [0.1, 0.15) is 42.1 Å². The van der Waals surface area contributed by atoms with Gasteiger partial charge in [0.1, 0.15) is 11.6 Å². The van der Waals surface area contributed by atoms with Crippen LogP contribution in [0.5, 0.6) is 0 Å². The number of benzene rings is 2. The van der Waals surface area contributed by atoms with E-state index in [1.54, 1.807) is 13.8 Å². The molecule has 0 bridgehead atoms. The van der Waals surface area contributed by atoms with Crippen molar-refractivity contribution in [3.8, 4) is 0 Å². The summed E-state index contributed by atoms with van der Waals surface area (Å²) >= 11 is 0. The summed E-state index contributed by atoms with van der Waals surface area (Å²) in [5, 5.41) is 6.19. The fraction of sp³-hybridized carbons (Fsp3) is 0.435. The third kappa shape index (κ3) is 4.42. The first-order valence-electron chi connectivity index (χ1n) is 10.3. The zero-order valence-corrected chi connectivity index (χ0v) is 16.8. The fourth-order valence-corrected chi connectivity index (χ4v) is 4.00. The summed E-state index contributed by atoms with van der Waals surface area (Å²) < 4.78 is 28.8. The first-order chi connectivity index (χ1) is 13.9. The molecule has 0 unspecified atom stereocenters. The molecule has 0 radical (unpaired) electrons. The van der Waals surface area contributed by atoms with Crippen LogP contribution in [0.15, 0.2) is 42.5 Å². The van der Waals surface area contributed by atoms with Crippen molar-refractivity contribution in [3.63, 3.8) is 0 Å². The molecule has 1 aliphatic carbocycles. The van der Waals surface area contributed by atoms with Crippen molar-refractivity contribution in [2.45, 2.75) is 38.3 Å². The van der Waals surface area contributed by atoms with Gasteiger partial charge < -0.3 is 15.5 Å². The summed E-state index contributed by atoms with van der Waals surface area (Å²) in [5.74, 6) is -0.837. The van der Waals surface area contributed by atoms with E-state index in [-0.39, 0.29) is 17.3 Å². The van der Waals surface area contributed by atoms with Gasteiger partial charge >= 0.3 is 0 Å². The van der Waals surface area contributed by atoms with E-state index >= 15 is 0 Å². The molecule has 1 saturated carbocycles. The quantitative estimate of drug-likeness (QED) is 0.747. The van der Waals surface area contributed by atoms with E-state index in [0.717, 1.165) is 25.1 Å². The number of hydrogen-bond acceptors (Lipinski definition) is 3. The van der Waals surface area contributed by atoms with Crippen LogP contribution in [0.2, 0.25) is 0 Å². The van der Waals surface area contributed by atoms with Gasteiger partial charge in [0, 0.05) is 49.6 Å². The molecule has 1 heterocycles. The van der Waals surface area contributed by atoms with E-state index < -0.39 is 17.5 Å². The van der Waals surface area contributed by atoms with Crippen LogP contribution in [0.4, 0.5) is 14.5 Å². The average molecular weight is 399 g/mol. The molecule has 1 aliphatic heterocycles. The Balaban J connectivity index is 1.28. The predicted molar refractivity (Wildman–Crippen MR) is 110 cm³/mol. The van der Waals surface area contributed by atoms with Gasteiger partial charge in [0.2, 0.25) is 0 Å². The minimum absolute atomic E-state index is 0.138. The lowest BCUT2D eigenvalue weighted by molar-refractivity contribution is 0.0938. The molecule has 1 saturated heterocycles. The minimum atomic E-state index is -0.690. The second kappa shape index (κ2) is 8.11. The van der Waals surface area contributed by atoms with E-state index in [0.29, 0.717) is 31.0 Å². The van der Waals surface area contributed by atoms with Crippen molar-refractivity contribution in [1.29, 1.82) is 0 Å². The molecule has 0 spiro atoms. The van der Waals surface area contributed by atoms with Crippen LogP contribution < -0.4 is 15.5 Å². The van der Waals surface area contributed by atoms with E-state index in [4.69, 9.17) is 0 Å². The molecule has 0 aromatic heterocycles. The molecule has 2 N–H and O–H groups in total. The normalized spacial score (nSPS) is 21.2. The van der Waals surface area contributed by atoms with Crippen molar-refractivity contribution in [3.05, 3.63) is 65.2 Å². The molecule has 2 aromatic carbocycles. The Morgan fingerprint density at radius 1 is 1.14 bits per heavy atom. The molecule has 6 heteroatoms. The number of hydrogen-bond donors (Lipinski definition) is 2. The highest BCUT2D eigenvalue weighted by atomic mass is 19.1. The van der Waals surface area contributed by atoms with Crippen LogP contribution in [0.25, 0.3) is 0 Å². The number of carbonyl (C=O) groups is 1. The maximum atomic E-state index is 14.5. The Morgan fingerprint density at radius 3 is 2.55 bits per heavy atom. The maximum Gasteiger partial charge on any atom is 0.254 e. The average Bonchev–Trinajstić information content (AvgIpc) is 3.42. The van der Waals surface area contributed by atoms with Crippen LogP contribution >= 0.6 is 0 Å². The van der Waals surface area contributed by atoms with Gasteiger partial charge in [-0.1, -0.05) is 30.3 Å². The first-order valence-corrected chi connectivity index (χ1v) is 10.3. The van der Waals surface area contributed by atoms with Crippen molar-refractivity contribution in [2.75, 3.05) is 24.5 Å². The van der Waals surface area contributed by atoms with Crippen molar-refractivity contribution in [1.82, 2.24) is 10.6 Å². The monoisotopic (exact) mass is 399 g/mol. The zero-order valence-electron chi connectivity index (χ0n) is 16.8. The molecule has 29 heavy (non-hydrogen) atoms. The Labute approximate surface area is 170 Å². The van der Waals surface area contributed by atoms with Crippen LogP contribution in [-0.4, -0.2) is 37.6 Å². The largest absolute Gasteiger partial charge is 0.368 e. The first kappa shape index (κ1) is 19.8. The second-order valence-corrected chi connectivity index (χ2v) is 8.45.